The summed E-state index contributed by atoms with van der Waals surface area (Å²) in [6, 6.07) is 0. The minimum atomic E-state index is -7.84. The van der Waals surface area contributed by atoms with Crippen LogP contribution in [0.5, 0.6) is 0 Å². The van der Waals surface area contributed by atoms with Crippen LogP contribution in [0.2, 0.25) is 0 Å². The molecule has 0 radical (unpaired) electrons. The number of alkyl halides is 13. The summed E-state index contributed by atoms with van der Waals surface area (Å²) >= 11 is 0. The second kappa shape index (κ2) is 20.3. The van der Waals surface area contributed by atoms with Crippen LogP contribution in [0.25, 0.3) is 0 Å². The van der Waals surface area contributed by atoms with Crippen molar-refractivity contribution in [1.82, 2.24) is 0 Å². The van der Waals surface area contributed by atoms with E-state index in [-0.39, 0.29) is 0 Å². The van der Waals surface area contributed by atoms with Gasteiger partial charge in [-0.3, -0.25) is 0 Å². The molecule has 0 aromatic carbocycles. The first-order chi connectivity index (χ1) is 21.1. The standard InChI is InChI=1S/C32H56F13P/c1-4-7-10-13-16-19-23-46(24-20-17-14-11-8-5-2,25-21-18-15-12-9-6-3)26-22-27(33,34)28(35,36)29(37,38)30(39,40)31(41,42)32(43,44)45/h46H,4-26H2,1-3H3. The van der Waals surface area contributed by atoms with Gasteiger partial charge in [0.15, 0.2) is 0 Å². The topological polar surface area (TPSA) is 0 Å². The van der Waals surface area contributed by atoms with Crippen molar-refractivity contribution < 1.29 is 57.1 Å². The summed E-state index contributed by atoms with van der Waals surface area (Å²) in [7, 11) is -2.94. The van der Waals surface area contributed by atoms with Crippen LogP contribution in [0.3, 0.4) is 0 Å². The Labute approximate surface area is 267 Å². The molecule has 0 saturated carbocycles. The SMILES string of the molecule is CCCCCCCC[PH](CCCCCCCC)(CCCCCCCC)CCC(F)(F)C(F)(F)C(F)(F)C(F)(F)C(F)(F)C(F)(F)F. The van der Waals surface area contributed by atoms with Gasteiger partial charge in [-0.05, 0) is 0 Å². The Morgan fingerprint density at radius 1 is 0.326 bits per heavy atom. The van der Waals surface area contributed by atoms with E-state index in [0.29, 0.717) is 37.7 Å². The van der Waals surface area contributed by atoms with Crippen LogP contribution in [-0.2, 0) is 0 Å². The third kappa shape index (κ3) is 12.8. The van der Waals surface area contributed by atoms with E-state index in [2.05, 4.69) is 0 Å². The summed E-state index contributed by atoms with van der Waals surface area (Å²) in [5.74, 6) is -36.4. The monoisotopic (exact) mass is 718 g/mol. The fraction of sp³-hybridized carbons (Fsp3) is 1.00. The predicted molar refractivity (Wildman–Crippen MR) is 163 cm³/mol. The summed E-state index contributed by atoms with van der Waals surface area (Å²) in [4.78, 5) is 0. The Morgan fingerprint density at radius 3 is 0.913 bits per heavy atom. The molecule has 0 amide bonds. The molecule has 0 aliphatic rings. The van der Waals surface area contributed by atoms with Crippen molar-refractivity contribution in [2.75, 3.05) is 24.6 Å². The second-order valence-electron chi connectivity index (χ2n) is 13.1. The van der Waals surface area contributed by atoms with Crippen LogP contribution in [0.4, 0.5) is 57.1 Å². The third-order valence-electron chi connectivity index (χ3n) is 9.15. The van der Waals surface area contributed by atoms with Crippen molar-refractivity contribution in [3.05, 3.63) is 0 Å². The molecule has 46 heavy (non-hydrogen) atoms. The molecule has 0 heterocycles. The molecule has 0 aliphatic carbocycles. The zero-order chi connectivity index (χ0) is 35.8. The summed E-state index contributed by atoms with van der Waals surface area (Å²) < 4.78 is 179. The van der Waals surface area contributed by atoms with E-state index in [1.807, 2.05) is 20.8 Å². The number of unbranched alkanes of at least 4 members (excludes halogenated alkanes) is 15. The van der Waals surface area contributed by atoms with Crippen LogP contribution in [-0.4, -0.2) is 60.4 Å². The molecule has 0 aromatic rings. The summed E-state index contributed by atoms with van der Waals surface area (Å²) in [5, 5.41) is 0. The Bertz CT molecular complexity index is 757. The minimum absolute atomic E-state index is 0.434. The van der Waals surface area contributed by atoms with E-state index in [0.717, 1.165) is 96.3 Å². The van der Waals surface area contributed by atoms with Gasteiger partial charge in [0.1, 0.15) is 0 Å². The Hall–Kier alpha value is -0.480. The van der Waals surface area contributed by atoms with Crippen molar-refractivity contribution in [2.24, 2.45) is 0 Å². The molecule has 0 rings (SSSR count). The second-order valence-corrected chi connectivity index (χ2v) is 18.1. The zero-order valence-corrected chi connectivity index (χ0v) is 28.7. The zero-order valence-electron chi connectivity index (χ0n) is 27.7. The normalized spacial score (nSPS) is 14.7. The van der Waals surface area contributed by atoms with Gasteiger partial charge in [0.05, 0.1) is 0 Å². The fourth-order valence-corrected chi connectivity index (χ4v) is 11.3. The fourth-order valence-electron chi connectivity index (χ4n) is 5.97. The van der Waals surface area contributed by atoms with Crippen molar-refractivity contribution in [2.45, 2.75) is 179 Å². The Kier molecular flexibility index (Phi) is 20.0. The molecule has 0 saturated heterocycles. The first kappa shape index (κ1) is 45.5. The quantitative estimate of drug-likeness (QED) is 0.0429. The molecule has 0 aromatic heterocycles. The average Bonchev–Trinajstić information content (AvgIpc) is 2.96. The number of hydrogen-bond donors (Lipinski definition) is 0. The predicted octanol–water partition coefficient (Wildman–Crippen LogP) is 13.9. The van der Waals surface area contributed by atoms with Gasteiger partial charge in [0.2, 0.25) is 0 Å². The van der Waals surface area contributed by atoms with Crippen molar-refractivity contribution >= 4 is 7.26 Å². The summed E-state index contributed by atoms with van der Waals surface area (Å²) in [6.07, 6.45) is 6.58. The number of hydrogen-bond acceptors (Lipinski definition) is 0. The van der Waals surface area contributed by atoms with E-state index < -0.39 is 55.6 Å². The maximum absolute atomic E-state index is 15.0. The summed E-state index contributed by atoms with van der Waals surface area (Å²) in [6.45, 7) is 6.08. The average molecular weight is 719 g/mol. The Morgan fingerprint density at radius 2 is 0.609 bits per heavy atom. The van der Waals surface area contributed by atoms with Crippen LogP contribution >= 0.6 is 7.26 Å². The van der Waals surface area contributed by atoms with Crippen LogP contribution in [0.1, 0.15) is 143 Å². The van der Waals surface area contributed by atoms with Crippen molar-refractivity contribution in [1.29, 1.82) is 0 Å². The van der Waals surface area contributed by atoms with Gasteiger partial charge in [-0.25, -0.2) is 0 Å². The molecule has 0 nitrogen and oxygen atoms in total. The van der Waals surface area contributed by atoms with Crippen molar-refractivity contribution in [3.8, 4) is 0 Å². The van der Waals surface area contributed by atoms with Crippen LogP contribution in [0, 0.1) is 0 Å². The molecule has 14 heteroatoms. The molecule has 280 valence electrons. The molecular formula is C32H56F13P. The number of halogens is 13. The molecule has 0 N–H and O–H groups in total. The van der Waals surface area contributed by atoms with Crippen LogP contribution in [0.15, 0.2) is 0 Å². The first-order valence-electron chi connectivity index (χ1n) is 17.1. The molecule has 0 spiro atoms. The Balaban J connectivity index is 6.23. The van der Waals surface area contributed by atoms with E-state index >= 15 is 0 Å². The van der Waals surface area contributed by atoms with Gasteiger partial charge < -0.3 is 0 Å². The van der Waals surface area contributed by atoms with E-state index in [1.165, 1.54) is 0 Å². The van der Waals surface area contributed by atoms with E-state index in [1.54, 1.807) is 0 Å². The van der Waals surface area contributed by atoms with Crippen LogP contribution < -0.4 is 0 Å². The van der Waals surface area contributed by atoms with E-state index in [9.17, 15) is 57.1 Å². The maximum atomic E-state index is 15.0. The van der Waals surface area contributed by atoms with Gasteiger partial charge in [0.25, 0.3) is 0 Å². The first-order valence-corrected chi connectivity index (χ1v) is 19.9. The third-order valence-corrected chi connectivity index (χ3v) is 14.7. The molecule has 0 bridgehead atoms. The summed E-state index contributed by atoms with van der Waals surface area (Å²) in [5.41, 5.74) is 0. The molecule has 0 unspecified atom stereocenters. The van der Waals surface area contributed by atoms with Gasteiger partial charge in [-0.2, -0.15) is 0 Å². The van der Waals surface area contributed by atoms with Gasteiger partial charge in [-0.15, -0.1) is 0 Å². The molecule has 0 fully saturated rings. The van der Waals surface area contributed by atoms with Gasteiger partial charge in [-0.1, -0.05) is 0 Å². The molecular weight excluding hydrogens is 662 g/mol. The van der Waals surface area contributed by atoms with Crippen molar-refractivity contribution in [3.63, 3.8) is 0 Å². The molecule has 0 atom stereocenters. The number of rotatable bonds is 28. The van der Waals surface area contributed by atoms with Gasteiger partial charge >= 0.3 is 268 Å². The van der Waals surface area contributed by atoms with E-state index in [4.69, 9.17) is 0 Å². The van der Waals surface area contributed by atoms with Gasteiger partial charge in [0, 0.05) is 0 Å². The molecule has 0 aliphatic heterocycles.